The predicted octanol–water partition coefficient (Wildman–Crippen LogP) is 1.97. The molecule has 4 nitrogen and oxygen atoms in total. The van der Waals surface area contributed by atoms with E-state index in [4.69, 9.17) is 5.73 Å². The lowest BCUT2D eigenvalue weighted by Gasteiger charge is -2.21. The highest BCUT2D eigenvalue weighted by atomic mass is 32.2. The van der Waals surface area contributed by atoms with Crippen LogP contribution in [0.2, 0.25) is 0 Å². The number of nitrogen functional groups attached to an aromatic ring is 1. The van der Waals surface area contributed by atoms with Crippen molar-refractivity contribution in [3.05, 3.63) is 24.0 Å². The summed E-state index contributed by atoms with van der Waals surface area (Å²) in [6.45, 7) is 0.388. The maximum atomic E-state index is 13.3. The van der Waals surface area contributed by atoms with Gasteiger partial charge in [0.05, 0.1) is 10.6 Å². The Kier molecular flexibility index (Phi) is 4.70. The molecule has 2 rings (SSSR count). The van der Waals surface area contributed by atoms with Crippen molar-refractivity contribution in [2.45, 2.75) is 29.4 Å². The molecule has 0 saturated carbocycles. The number of hydrogen-bond acceptors (Lipinski definition) is 4. The summed E-state index contributed by atoms with van der Waals surface area (Å²) in [6, 6.07) is 3.53. The van der Waals surface area contributed by atoms with Crippen molar-refractivity contribution >= 4 is 27.5 Å². The monoisotopic (exact) mass is 304 g/mol. The summed E-state index contributed by atoms with van der Waals surface area (Å²) in [4.78, 5) is -0.0833. The molecule has 1 saturated heterocycles. The van der Waals surface area contributed by atoms with E-state index in [-0.39, 0.29) is 10.6 Å². The molecule has 0 spiro atoms. The normalized spacial score (nSPS) is 20.4. The van der Waals surface area contributed by atoms with Crippen LogP contribution in [0.3, 0.4) is 0 Å². The van der Waals surface area contributed by atoms with Gasteiger partial charge in [0.2, 0.25) is 10.0 Å². The first-order valence-corrected chi connectivity index (χ1v) is 8.68. The summed E-state index contributed by atoms with van der Waals surface area (Å²) in [7, 11) is -3.66. The minimum atomic E-state index is -3.66. The first-order valence-electron chi connectivity index (χ1n) is 6.15. The van der Waals surface area contributed by atoms with E-state index in [1.54, 1.807) is 11.8 Å². The second kappa shape index (κ2) is 6.11. The van der Waals surface area contributed by atoms with Crippen molar-refractivity contribution < 1.29 is 12.8 Å². The molecular formula is C12H17FN2O2S2. The van der Waals surface area contributed by atoms with Crippen molar-refractivity contribution in [3.8, 4) is 0 Å². The van der Waals surface area contributed by atoms with Crippen molar-refractivity contribution in [1.82, 2.24) is 4.72 Å². The molecule has 106 valence electrons. The summed E-state index contributed by atoms with van der Waals surface area (Å²) >= 11 is 1.78. The molecule has 1 aliphatic rings. The molecule has 1 unspecified atom stereocenters. The molecule has 0 aliphatic carbocycles. The minimum Gasteiger partial charge on any atom is -0.396 e. The van der Waals surface area contributed by atoms with Crippen LogP contribution in [0.5, 0.6) is 0 Å². The Bertz CT molecular complexity index is 543. The summed E-state index contributed by atoms with van der Waals surface area (Å²) < 4.78 is 39.8. The van der Waals surface area contributed by atoms with Gasteiger partial charge in [-0.05, 0) is 36.8 Å². The van der Waals surface area contributed by atoms with Crippen LogP contribution < -0.4 is 10.5 Å². The number of rotatable bonds is 4. The van der Waals surface area contributed by atoms with E-state index in [0.29, 0.717) is 11.8 Å². The average Bonchev–Trinajstić information content (AvgIpc) is 2.41. The van der Waals surface area contributed by atoms with E-state index in [1.165, 1.54) is 18.6 Å². The van der Waals surface area contributed by atoms with Gasteiger partial charge < -0.3 is 5.73 Å². The third-order valence-corrected chi connectivity index (χ3v) is 5.88. The van der Waals surface area contributed by atoms with E-state index >= 15 is 0 Å². The Morgan fingerprint density at radius 3 is 2.84 bits per heavy atom. The molecule has 1 aromatic carbocycles. The van der Waals surface area contributed by atoms with Crippen molar-refractivity contribution in [1.29, 1.82) is 0 Å². The first-order chi connectivity index (χ1) is 8.99. The lowest BCUT2D eigenvalue weighted by molar-refractivity contribution is 0.571. The molecule has 0 aromatic heterocycles. The Labute approximate surface area is 117 Å². The third-order valence-electron chi connectivity index (χ3n) is 3.06. The molecule has 7 heteroatoms. The summed E-state index contributed by atoms with van der Waals surface area (Å²) in [5.41, 5.74) is 5.28. The van der Waals surface area contributed by atoms with Crippen LogP contribution in [-0.4, -0.2) is 26.0 Å². The molecule has 0 bridgehead atoms. The van der Waals surface area contributed by atoms with Gasteiger partial charge in [0.1, 0.15) is 5.82 Å². The van der Waals surface area contributed by atoms with Gasteiger partial charge in [-0.3, -0.25) is 0 Å². The SMILES string of the molecule is Nc1ccc(S(=O)(=O)NCC2CCCCS2)cc1F. The van der Waals surface area contributed by atoms with Crippen molar-refractivity contribution in [2.24, 2.45) is 0 Å². The Morgan fingerprint density at radius 1 is 1.42 bits per heavy atom. The summed E-state index contributed by atoms with van der Waals surface area (Å²) in [6.07, 6.45) is 3.34. The van der Waals surface area contributed by atoms with Crippen LogP contribution in [0.25, 0.3) is 0 Å². The fraction of sp³-hybridized carbons (Fsp3) is 0.500. The molecule has 1 fully saturated rings. The zero-order chi connectivity index (χ0) is 13.9. The highest BCUT2D eigenvalue weighted by Crippen LogP contribution is 2.25. The Hall–Kier alpha value is -0.790. The lowest BCUT2D eigenvalue weighted by atomic mass is 10.2. The minimum absolute atomic E-state index is 0.0539. The van der Waals surface area contributed by atoms with Gasteiger partial charge in [-0.15, -0.1) is 0 Å². The first kappa shape index (κ1) is 14.6. The van der Waals surface area contributed by atoms with E-state index in [9.17, 15) is 12.8 Å². The van der Waals surface area contributed by atoms with Gasteiger partial charge in [-0.25, -0.2) is 17.5 Å². The van der Waals surface area contributed by atoms with Crippen LogP contribution in [-0.2, 0) is 10.0 Å². The fourth-order valence-electron chi connectivity index (χ4n) is 1.93. The molecule has 3 N–H and O–H groups in total. The van der Waals surface area contributed by atoms with Gasteiger partial charge in [-0.1, -0.05) is 6.42 Å². The summed E-state index contributed by atoms with van der Waals surface area (Å²) in [5.74, 6) is 0.359. The zero-order valence-electron chi connectivity index (χ0n) is 10.4. The molecule has 1 heterocycles. The van der Waals surface area contributed by atoms with Crippen molar-refractivity contribution in [2.75, 3.05) is 18.0 Å². The van der Waals surface area contributed by atoms with Gasteiger partial charge in [0, 0.05) is 11.8 Å². The van der Waals surface area contributed by atoms with E-state index in [1.807, 2.05) is 0 Å². The predicted molar refractivity (Wildman–Crippen MR) is 76.1 cm³/mol. The zero-order valence-corrected chi connectivity index (χ0v) is 12.1. The van der Waals surface area contributed by atoms with Gasteiger partial charge >= 0.3 is 0 Å². The standard InChI is InChI=1S/C12H17FN2O2S2/c13-11-7-10(4-5-12(11)14)19(16,17)15-8-9-3-1-2-6-18-9/h4-5,7,9,15H,1-3,6,8,14H2. The molecule has 1 aliphatic heterocycles. The quantitative estimate of drug-likeness (QED) is 0.834. The van der Waals surface area contributed by atoms with Gasteiger partial charge in [0.15, 0.2) is 0 Å². The van der Waals surface area contributed by atoms with E-state index < -0.39 is 15.8 Å². The second-order valence-electron chi connectivity index (χ2n) is 4.52. The van der Waals surface area contributed by atoms with E-state index in [2.05, 4.69) is 4.72 Å². The van der Waals surface area contributed by atoms with Gasteiger partial charge in [0.25, 0.3) is 0 Å². The fourth-order valence-corrected chi connectivity index (χ4v) is 4.37. The van der Waals surface area contributed by atoms with Crippen LogP contribution in [0.15, 0.2) is 23.1 Å². The second-order valence-corrected chi connectivity index (χ2v) is 7.70. The number of thioether (sulfide) groups is 1. The summed E-state index contributed by atoms with van der Waals surface area (Å²) in [5, 5.41) is 0.308. The number of anilines is 1. The highest BCUT2D eigenvalue weighted by Gasteiger charge is 2.19. The largest absolute Gasteiger partial charge is 0.396 e. The molecule has 0 radical (unpaired) electrons. The van der Waals surface area contributed by atoms with Crippen LogP contribution in [0, 0.1) is 5.82 Å². The van der Waals surface area contributed by atoms with Crippen molar-refractivity contribution in [3.63, 3.8) is 0 Å². The highest BCUT2D eigenvalue weighted by molar-refractivity contribution is 8.00. The average molecular weight is 304 g/mol. The lowest BCUT2D eigenvalue weighted by Crippen LogP contribution is -2.32. The smallest absolute Gasteiger partial charge is 0.240 e. The topological polar surface area (TPSA) is 72.2 Å². The molecular weight excluding hydrogens is 287 g/mol. The molecule has 19 heavy (non-hydrogen) atoms. The number of nitrogens with two attached hydrogens (primary N) is 1. The number of benzene rings is 1. The van der Waals surface area contributed by atoms with Crippen LogP contribution in [0.1, 0.15) is 19.3 Å². The Morgan fingerprint density at radius 2 is 2.21 bits per heavy atom. The molecule has 0 amide bonds. The third kappa shape index (κ3) is 3.84. The Balaban J connectivity index is 2.02. The number of nitrogens with one attached hydrogen (secondary N) is 1. The molecule has 1 aromatic rings. The number of sulfonamides is 1. The van der Waals surface area contributed by atoms with Crippen LogP contribution in [0.4, 0.5) is 10.1 Å². The van der Waals surface area contributed by atoms with Gasteiger partial charge in [-0.2, -0.15) is 11.8 Å². The number of hydrogen-bond donors (Lipinski definition) is 2. The van der Waals surface area contributed by atoms with Crippen LogP contribution >= 0.6 is 11.8 Å². The maximum absolute atomic E-state index is 13.3. The number of halogens is 1. The maximum Gasteiger partial charge on any atom is 0.240 e. The van der Waals surface area contributed by atoms with E-state index in [0.717, 1.165) is 24.7 Å². The molecule has 1 atom stereocenters.